The number of carbonyl (C=O) groups is 1. The van der Waals surface area contributed by atoms with Crippen molar-refractivity contribution >= 4 is 16.7 Å². The van der Waals surface area contributed by atoms with Crippen molar-refractivity contribution in [3.05, 3.63) is 95.7 Å². The van der Waals surface area contributed by atoms with Gasteiger partial charge in [-0.15, -0.1) is 0 Å². The summed E-state index contributed by atoms with van der Waals surface area (Å²) in [6, 6.07) is 23.8. The third kappa shape index (κ3) is 3.71. The van der Waals surface area contributed by atoms with Gasteiger partial charge in [-0.2, -0.15) is 0 Å². The van der Waals surface area contributed by atoms with E-state index in [1.807, 2.05) is 55.5 Å². The third-order valence-electron chi connectivity index (χ3n) is 4.74. The molecule has 1 heterocycles. The van der Waals surface area contributed by atoms with E-state index in [2.05, 4.69) is 23.2 Å². The van der Waals surface area contributed by atoms with Crippen LogP contribution in [0.25, 0.3) is 22.0 Å². The molecular weight excluding hydrogens is 348 g/mol. The van der Waals surface area contributed by atoms with E-state index in [4.69, 9.17) is 10.5 Å². The highest BCUT2D eigenvalue weighted by Crippen LogP contribution is 2.24. The number of fused-ring (bicyclic) bond motifs is 1. The molecule has 0 spiro atoms. The maximum absolute atomic E-state index is 11.4. The highest BCUT2D eigenvalue weighted by Gasteiger charge is 2.08. The normalized spacial score (nSPS) is 10.8. The zero-order valence-electron chi connectivity index (χ0n) is 15.6. The van der Waals surface area contributed by atoms with E-state index in [0.29, 0.717) is 12.2 Å². The van der Waals surface area contributed by atoms with Crippen LogP contribution in [0.2, 0.25) is 0 Å². The molecule has 1 amide bonds. The molecule has 0 atom stereocenters. The topological polar surface area (TPSA) is 65.2 Å². The van der Waals surface area contributed by atoms with E-state index in [1.54, 1.807) is 12.3 Å². The minimum Gasteiger partial charge on any atom is -0.489 e. The molecule has 0 radical (unpaired) electrons. The molecule has 0 aliphatic carbocycles. The van der Waals surface area contributed by atoms with Crippen LogP contribution in [0.5, 0.6) is 5.75 Å². The fraction of sp³-hybridized carbons (Fsp3) is 0.0833. The quantitative estimate of drug-likeness (QED) is 0.545. The number of pyridine rings is 1. The number of nitrogens with zero attached hydrogens (tertiary/aromatic N) is 1. The average molecular weight is 368 g/mol. The first-order valence-electron chi connectivity index (χ1n) is 9.07. The van der Waals surface area contributed by atoms with Crippen molar-refractivity contribution in [1.29, 1.82) is 0 Å². The highest BCUT2D eigenvalue weighted by molar-refractivity contribution is 5.94. The van der Waals surface area contributed by atoms with E-state index in [0.717, 1.165) is 33.5 Å². The van der Waals surface area contributed by atoms with Crippen LogP contribution in [-0.4, -0.2) is 10.9 Å². The van der Waals surface area contributed by atoms with Crippen molar-refractivity contribution in [2.24, 2.45) is 5.73 Å². The summed E-state index contributed by atoms with van der Waals surface area (Å²) >= 11 is 0. The minimum absolute atomic E-state index is 0.422. The molecule has 4 rings (SSSR count). The largest absolute Gasteiger partial charge is 0.489 e. The molecule has 3 aromatic carbocycles. The summed E-state index contributed by atoms with van der Waals surface area (Å²) in [6.07, 6.45) is 1.77. The summed E-state index contributed by atoms with van der Waals surface area (Å²) in [4.78, 5) is 15.9. The molecule has 138 valence electrons. The van der Waals surface area contributed by atoms with Crippen LogP contribution >= 0.6 is 0 Å². The fourth-order valence-electron chi connectivity index (χ4n) is 3.25. The second-order valence-electron chi connectivity index (χ2n) is 6.74. The van der Waals surface area contributed by atoms with Gasteiger partial charge in [-0.1, -0.05) is 36.4 Å². The first-order chi connectivity index (χ1) is 13.6. The second kappa shape index (κ2) is 7.53. The lowest BCUT2D eigenvalue weighted by Gasteiger charge is -2.10. The Labute approximate surface area is 163 Å². The van der Waals surface area contributed by atoms with Crippen LogP contribution in [0, 0.1) is 6.92 Å². The summed E-state index contributed by atoms with van der Waals surface area (Å²) in [6.45, 7) is 2.32. The molecule has 0 saturated heterocycles. The molecule has 28 heavy (non-hydrogen) atoms. The Kier molecular flexibility index (Phi) is 4.77. The van der Waals surface area contributed by atoms with Crippen LogP contribution < -0.4 is 10.5 Å². The Morgan fingerprint density at radius 2 is 1.79 bits per heavy atom. The SMILES string of the molecule is Cc1cc(-c2cc(COc3ccc4ccccc4c3)ccn2)ccc1C(N)=O. The number of ether oxygens (including phenoxy) is 1. The van der Waals surface area contributed by atoms with Crippen LogP contribution in [-0.2, 0) is 6.61 Å². The minimum atomic E-state index is -0.422. The molecule has 0 saturated carbocycles. The van der Waals surface area contributed by atoms with Gasteiger partial charge in [0.15, 0.2) is 0 Å². The summed E-state index contributed by atoms with van der Waals surface area (Å²) in [5.41, 5.74) is 9.55. The van der Waals surface area contributed by atoms with Crippen LogP contribution in [0.1, 0.15) is 21.5 Å². The summed E-state index contributed by atoms with van der Waals surface area (Å²) in [7, 11) is 0. The van der Waals surface area contributed by atoms with Crippen molar-refractivity contribution in [3.63, 3.8) is 0 Å². The number of benzene rings is 3. The van der Waals surface area contributed by atoms with Crippen molar-refractivity contribution in [2.45, 2.75) is 13.5 Å². The van der Waals surface area contributed by atoms with E-state index in [9.17, 15) is 4.79 Å². The molecule has 0 aliphatic heterocycles. The number of hydrogen-bond acceptors (Lipinski definition) is 3. The lowest BCUT2D eigenvalue weighted by Crippen LogP contribution is -2.12. The smallest absolute Gasteiger partial charge is 0.248 e. The van der Waals surface area contributed by atoms with Crippen LogP contribution in [0.4, 0.5) is 0 Å². The second-order valence-corrected chi connectivity index (χ2v) is 6.74. The summed E-state index contributed by atoms with van der Waals surface area (Å²) < 4.78 is 5.98. The van der Waals surface area contributed by atoms with E-state index in [1.165, 1.54) is 5.39 Å². The van der Waals surface area contributed by atoms with Gasteiger partial charge >= 0.3 is 0 Å². The summed E-state index contributed by atoms with van der Waals surface area (Å²) in [5, 5.41) is 2.34. The molecule has 2 N–H and O–H groups in total. The molecule has 4 aromatic rings. The molecular formula is C24H20N2O2. The Hall–Kier alpha value is -3.66. The van der Waals surface area contributed by atoms with Gasteiger partial charge in [0, 0.05) is 17.3 Å². The number of amides is 1. The Morgan fingerprint density at radius 3 is 2.57 bits per heavy atom. The van der Waals surface area contributed by atoms with Gasteiger partial charge in [-0.3, -0.25) is 9.78 Å². The maximum Gasteiger partial charge on any atom is 0.248 e. The monoisotopic (exact) mass is 368 g/mol. The Balaban J connectivity index is 1.53. The number of rotatable bonds is 5. The van der Waals surface area contributed by atoms with E-state index >= 15 is 0 Å². The third-order valence-corrected chi connectivity index (χ3v) is 4.74. The lowest BCUT2D eigenvalue weighted by atomic mass is 10.0. The van der Waals surface area contributed by atoms with Gasteiger partial charge in [-0.05, 0) is 65.2 Å². The predicted octanol–water partition coefficient (Wildman–Crippen LogP) is 4.89. The van der Waals surface area contributed by atoms with Gasteiger partial charge in [0.2, 0.25) is 5.91 Å². The zero-order chi connectivity index (χ0) is 19.5. The van der Waals surface area contributed by atoms with Crippen molar-refractivity contribution < 1.29 is 9.53 Å². The number of nitrogens with two attached hydrogens (primary N) is 1. The molecule has 4 nitrogen and oxygen atoms in total. The Morgan fingerprint density at radius 1 is 0.964 bits per heavy atom. The van der Waals surface area contributed by atoms with Gasteiger partial charge in [-0.25, -0.2) is 0 Å². The lowest BCUT2D eigenvalue weighted by molar-refractivity contribution is 0.0999. The van der Waals surface area contributed by atoms with Gasteiger partial charge in [0.25, 0.3) is 0 Å². The predicted molar refractivity (Wildman–Crippen MR) is 111 cm³/mol. The first-order valence-corrected chi connectivity index (χ1v) is 9.07. The number of aromatic nitrogens is 1. The summed E-state index contributed by atoms with van der Waals surface area (Å²) in [5.74, 6) is 0.410. The Bertz CT molecular complexity index is 1170. The van der Waals surface area contributed by atoms with Crippen molar-refractivity contribution in [2.75, 3.05) is 0 Å². The molecule has 0 aliphatic rings. The van der Waals surface area contributed by atoms with Crippen LogP contribution in [0.15, 0.2) is 79.0 Å². The molecule has 4 heteroatoms. The first kappa shape index (κ1) is 17.7. The van der Waals surface area contributed by atoms with Gasteiger partial charge < -0.3 is 10.5 Å². The van der Waals surface area contributed by atoms with Gasteiger partial charge in [0.05, 0.1) is 5.69 Å². The standard InChI is InChI=1S/C24H20N2O2/c1-16-12-20(7-9-22(16)24(25)27)23-13-17(10-11-26-23)15-28-21-8-6-18-4-2-3-5-19(18)14-21/h2-14H,15H2,1H3,(H2,25,27). The number of aryl methyl sites for hydroxylation is 1. The van der Waals surface area contributed by atoms with E-state index in [-0.39, 0.29) is 0 Å². The average Bonchev–Trinajstić information content (AvgIpc) is 2.72. The maximum atomic E-state index is 11.4. The molecule has 0 unspecified atom stereocenters. The molecule has 1 aromatic heterocycles. The van der Waals surface area contributed by atoms with Crippen LogP contribution in [0.3, 0.4) is 0 Å². The van der Waals surface area contributed by atoms with E-state index < -0.39 is 5.91 Å². The van der Waals surface area contributed by atoms with Crippen molar-refractivity contribution in [3.8, 4) is 17.0 Å². The fourth-order valence-corrected chi connectivity index (χ4v) is 3.25. The van der Waals surface area contributed by atoms with Crippen molar-refractivity contribution in [1.82, 2.24) is 4.98 Å². The number of carbonyl (C=O) groups excluding carboxylic acids is 1. The zero-order valence-corrected chi connectivity index (χ0v) is 15.6. The van der Waals surface area contributed by atoms with Gasteiger partial charge in [0.1, 0.15) is 12.4 Å². The number of hydrogen-bond donors (Lipinski definition) is 1. The highest BCUT2D eigenvalue weighted by atomic mass is 16.5. The number of primary amides is 1. The molecule has 0 fully saturated rings. The molecule has 0 bridgehead atoms.